The number of phenolic OH excluding ortho intramolecular Hbond substituents is 1. The van der Waals surface area contributed by atoms with E-state index in [9.17, 15) is 9.18 Å². The molecule has 4 N–H and O–H groups in total. The predicted octanol–water partition coefficient (Wildman–Crippen LogP) is 0.686. The van der Waals surface area contributed by atoms with Crippen LogP contribution in [0.15, 0.2) is 24.3 Å². The summed E-state index contributed by atoms with van der Waals surface area (Å²) < 4.78 is 12.5. The first-order valence-electron chi connectivity index (χ1n) is 4.34. The number of nitrogens with two attached hydrogens (primary N) is 1. The lowest BCUT2D eigenvalue weighted by molar-refractivity contribution is -0.143. The van der Waals surface area contributed by atoms with E-state index in [1.54, 1.807) is 0 Å². The molecule has 4 nitrogen and oxygen atoms in total. The maximum Gasteiger partial charge on any atom is 0.326 e. The van der Waals surface area contributed by atoms with Gasteiger partial charge in [0.15, 0.2) is 0 Å². The number of benzene rings is 1. The van der Waals surface area contributed by atoms with Gasteiger partial charge in [-0.1, -0.05) is 12.1 Å². The van der Waals surface area contributed by atoms with Crippen LogP contribution in [0.4, 0.5) is 4.39 Å². The summed E-state index contributed by atoms with van der Waals surface area (Å²) in [5.74, 6) is -1.31. The molecule has 0 amide bonds. The van der Waals surface area contributed by atoms with E-state index in [2.05, 4.69) is 0 Å². The highest BCUT2D eigenvalue weighted by Gasteiger charge is 2.34. The molecule has 0 radical (unpaired) electrons. The summed E-state index contributed by atoms with van der Waals surface area (Å²) in [6.45, 7) is -1.14. The summed E-state index contributed by atoms with van der Waals surface area (Å²) in [5, 5.41) is 17.7. The van der Waals surface area contributed by atoms with Crippen molar-refractivity contribution in [2.75, 3.05) is 6.67 Å². The van der Waals surface area contributed by atoms with E-state index in [-0.39, 0.29) is 12.2 Å². The Kier molecular flexibility index (Phi) is 3.26. The van der Waals surface area contributed by atoms with Crippen molar-refractivity contribution in [2.45, 2.75) is 12.0 Å². The van der Waals surface area contributed by atoms with Crippen LogP contribution in [0.1, 0.15) is 5.56 Å². The number of aliphatic carboxylic acids is 1. The second-order valence-corrected chi connectivity index (χ2v) is 3.44. The quantitative estimate of drug-likeness (QED) is 0.687. The topological polar surface area (TPSA) is 83.5 Å². The smallest absolute Gasteiger partial charge is 0.326 e. The molecule has 0 aliphatic carbocycles. The van der Waals surface area contributed by atoms with E-state index in [0.29, 0.717) is 5.56 Å². The van der Waals surface area contributed by atoms with Gasteiger partial charge in [0.25, 0.3) is 0 Å². The predicted molar refractivity (Wildman–Crippen MR) is 52.3 cm³/mol. The fraction of sp³-hybridized carbons (Fsp3) is 0.300. The van der Waals surface area contributed by atoms with Crippen molar-refractivity contribution in [2.24, 2.45) is 5.73 Å². The molecule has 0 fully saturated rings. The zero-order valence-corrected chi connectivity index (χ0v) is 7.98. The van der Waals surface area contributed by atoms with E-state index in [0.717, 1.165) is 0 Å². The number of hydrogen-bond donors (Lipinski definition) is 3. The number of phenols is 1. The Labute approximate surface area is 86.1 Å². The van der Waals surface area contributed by atoms with Crippen molar-refractivity contribution in [3.63, 3.8) is 0 Å². The first-order valence-corrected chi connectivity index (χ1v) is 4.34. The van der Waals surface area contributed by atoms with Crippen LogP contribution in [0.5, 0.6) is 5.75 Å². The fourth-order valence-electron chi connectivity index (χ4n) is 1.16. The Morgan fingerprint density at radius 2 is 1.93 bits per heavy atom. The van der Waals surface area contributed by atoms with Crippen LogP contribution in [0.25, 0.3) is 0 Å². The molecule has 1 aromatic carbocycles. The van der Waals surface area contributed by atoms with Gasteiger partial charge in [-0.05, 0) is 17.7 Å². The van der Waals surface area contributed by atoms with Crippen LogP contribution in [0.2, 0.25) is 0 Å². The van der Waals surface area contributed by atoms with Crippen molar-refractivity contribution in [1.82, 2.24) is 0 Å². The third kappa shape index (κ3) is 2.66. The molecule has 1 aromatic rings. The number of carboxylic acids is 1. The Morgan fingerprint density at radius 3 is 2.33 bits per heavy atom. The largest absolute Gasteiger partial charge is 0.508 e. The summed E-state index contributed by atoms with van der Waals surface area (Å²) in [6.07, 6.45) is -0.112. The third-order valence-electron chi connectivity index (χ3n) is 2.12. The van der Waals surface area contributed by atoms with Crippen molar-refractivity contribution in [3.8, 4) is 5.75 Å². The van der Waals surface area contributed by atoms with E-state index in [1.165, 1.54) is 24.3 Å². The molecule has 15 heavy (non-hydrogen) atoms. The van der Waals surface area contributed by atoms with Crippen LogP contribution >= 0.6 is 0 Å². The lowest BCUT2D eigenvalue weighted by Gasteiger charge is -2.20. The summed E-state index contributed by atoms with van der Waals surface area (Å²) in [4.78, 5) is 10.7. The second-order valence-electron chi connectivity index (χ2n) is 3.44. The molecule has 0 saturated carbocycles. The van der Waals surface area contributed by atoms with Crippen molar-refractivity contribution < 1.29 is 19.4 Å². The van der Waals surface area contributed by atoms with E-state index in [4.69, 9.17) is 15.9 Å². The zero-order valence-electron chi connectivity index (χ0n) is 7.98. The molecule has 5 heteroatoms. The molecule has 0 bridgehead atoms. The molecule has 82 valence electrons. The van der Waals surface area contributed by atoms with Gasteiger partial charge in [-0.25, -0.2) is 4.39 Å². The second kappa shape index (κ2) is 4.27. The SMILES string of the molecule is N[C@@](CF)(Cc1ccc(O)cc1)C(=O)O. The van der Waals surface area contributed by atoms with Crippen LogP contribution < -0.4 is 5.73 Å². The molecule has 0 unspecified atom stereocenters. The minimum atomic E-state index is -1.89. The first-order chi connectivity index (χ1) is 6.98. The number of carbonyl (C=O) groups is 1. The molecule has 1 rings (SSSR count). The first kappa shape index (κ1) is 11.5. The van der Waals surface area contributed by atoms with Crippen LogP contribution in [-0.2, 0) is 11.2 Å². The van der Waals surface area contributed by atoms with Gasteiger partial charge >= 0.3 is 5.97 Å². The van der Waals surface area contributed by atoms with Crippen LogP contribution in [0, 0.1) is 0 Å². The monoisotopic (exact) mass is 213 g/mol. The highest BCUT2D eigenvalue weighted by molar-refractivity contribution is 5.79. The highest BCUT2D eigenvalue weighted by atomic mass is 19.1. The fourth-order valence-corrected chi connectivity index (χ4v) is 1.16. The average Bonchev–Trinajstić information content (AvgIpc) is 2.21. The summed E-state index contributed by atoms with van der Waals surface area (Å²) >= 11 is 0. The molecule has 0 aromatic heterocycles. The molecule has 0 saturated heterocycles. The number of carboxylic acid groups (broad SMARTS) is 1. The maximum atomic E-state index is 12.5. The van der Waals surface area contributed by atoms with Gasteiger partial charge in [0.05, 0.1) is 0 Å². The standard InChI is InChI=1S/C10H12FNO3/c11-6-10(12,9(14)15)5-7-1-3-8(13)4-2-7/h1-4,13H,5-6,12H2,(H,14,15)/t10-/m1/s1. The molecule has 0 aliphatic rings. The van der Waals surface area contributed by atoms with E-state index < -0.39 is 18.2 Å². The summed E-state index contributed by atoms with van der Waals surface area (Å²) in [7, 11) is 0. The van der Waals surface area contributed by atoms with E-state index >= 15 is 0 Å². The van der Waals surface area contributed by atoms with Gasteiger partial charge in [0.1, 0.15) is 18.0 Å². The Bertz CT molecular complexity index is 352. The lowest BCUT2D eigenvalue weighted by atomic mass is 9.93. The molecule has 0 spiro atoms. The average molecular weight is 213 g/mol. The van der Waals surface area contributed by atoms with E-state index in [1.807, 2.05) is 0 Å². The molecule has 1 atom stereocenters. The van der Waals surface area contributed by atoms with Crippen molar-refractivity contribution in [1.29, 1.82) is 0 Å². The van der Waals surface area contributed by atoms with Crippen LogP contribution in [-0.4, -0.2) is 28.4 Å². The number of hydrogen-bond acceptors (Lipinski definition) is 3. The molecular formula is C10H12FNO3. The molecular weight excluding hydrogens is 201 g/mol. The summed E-state index contributed by atoms with van der Waals surface area (Å²) in [5.41, 5.74) is 4.05. The number of alkyl halides is 1. The van der Waals surface area contributed by atoms with Gasteiger partial charge in [-0.3, -0.25) is 4.79 Å². The summed E-state index contributed by atoms with van der Waals surface area (Å²) in [6, 6.07) is 5.82. The number of rotatable bonds is 4. The maximum absolute atomic E-state index is 12.5. The van der Waals surface area contributed by atoms with Gasteiger partial charge in [-0.2, -0.15) is 0 Å². The normalized spacial score (nSPS) is 14.5. The number of halogens is 1. The Morgan fingerprint density at radius 1 is 1.40 bits per heavy atom. The Balaban J connectivity index is 2.84. The molecule has 0 heterocycles. The van der Waals surface area contributed by atoms with Gasteiger partial charge < -0.3 is 15.9 Å². The van der Waals surface area contributed by atoms with Gasteiger partial charge in [0, 0.05) is 6.42 Å². The Hall–Kier alpha value is -1.62. The van der Waals surface area contributed by atoms with Gasteiger partial charge in [0.2, 0.25) is 0 Å². The molecule has 0 aliphatic heterocycles. The van der Waals surface area contributed by atoms with Gasteiger partial charge in [-0.15, -0.1) is 0 Å². The lowest BCUT2D eigenvalue weighted by Crippen LogP contribution is -2.52. The highest BCUT2D eigenvalue weighted by Crippen LogP contribution is 2.15. The minimum Gasteiger partial charge on any atom is -0.508 e. The van der Waals surface area contributed by atoms with Crippen LogP contribution in [0.3, 0.4) is 0 Å². The third-order valence-corrected chi connectivity index (χ3v) is 2.12. The minimum absolute atomic E-state index is 0.0666. The van der Waals surface area contributed by atoms with Crippen molar-refractivity contribution >= 4 is 5.97 Å². The number of aromatic hydroxyl groups is 1. The zero-order chi connectivity index (χ0) is 11.5. The van der Waals surface area contributed by atoms with Crippen molar-refractivity contribution in [3.05, 3.63) is 29.8 Å².